The number of aliphatic hydroxyl groups excluding tert-OH is 1. The lowest BCUT2D eigenvalue weighted by Gasteiger charge is -2.15. The van der Waals surface area contributed by atoms with Crippen molar-refractivity contribution in [1.29, 1.82) is 0 Å². The van der Waals surface area contributed by atoms with Crippen LogP contribution in [0.2, 0.25) is 0 Å². The Morgan fingerprint density at radius 3 is 2.77 bits per heavy atom. The lowest BCUT2D eigenvalue weighted by molar-refractivity contribution is 0.0923. The second-order valence-corrected chi connectivity index (χ2v) is 7.18. The smallest absolute Gasteiger partial charge is 0.253 e. The van der Waals surface area contributed by atoms with E-state index in [1.807, 2.05) is 66.7 Å². The van der Waals surface area contributed by atoms with E-state index in [4.69, 9.17) is 0 Å². The summed E-state index contributed by atoms with van der Waals surface area (Å²) in [4.78, 5) is 16.8. The molecule has 2 heterocycles. The quantitative estimate of drug-likeness (QED) is 0.367. The zero-order chi connectivity index (χ0) is 21.6. The number of carbonyl (C=O) groups is 1. The molecule has 4 N–H and O–H groups in total. The predicted molar refractivity (Wildman–Crippen MR) is 123 cm³/mol. The molecule has 0 saturated heterocycles. The summed E-state index contributed by atoms with van der Waals surface area (Å²) in [5.41, 5.74) is 4.58. The number of rotatable bonds is 7. The van der Waals surface area contributed by atoms with Gasteiger partial charge in [-0.1, -0.05) is 18.2 Å². The van der Waals surface area contributed by atoms with Crippen molar-refractivity contribution >= 4 is 40.3 Å². The minimum Gasteiger partial charge on any atom is -0.394 e. The van der Waals surface area contributed by atoms with Crippen LogP contribution in [0.4, 0.5) is 11.4 Å². The maximum Gasteiger partial charge on any atom is 0.253 e. The molecule has 0 aliphatic heterocycles. The fourth-order valence-corrected chi connectivity index (χ4v) is 3.18. The van der Waals surface area contributed by atoms with Gasteiger partial charge in [0.25, 0.3) is 5.91 Å². The van der Waals surface area contributed by atoms with Gasteiger partial charge in [-0.25, -0.2) is 0 Å². The standard InChI is InChI=1S/C24H23N5O2/c1-16(15-30)26-24(31)20-7-2-3-8-21(20)27-18-9-11-19-22(28-29-23(19)14-18)12-10-17-6-4-5-13-25-17/h2-14,16,27,30H,15H2,1H3,(H,26,31)(H,28,29)/b12-10+/t16-/m1/s1. The second-order valence-electron chi connectivity index (χ2n) is 7.18. The summed E-state index contributed by atoms with van der Waals surface area (Å²) in [5, 5.41) is 23.7. The van der Waals surface area contributed by atoms with E-state index >= 15 is 0 Å². The normalized spacial score (nSPS) is 12.2. The molecule has 0 bridgehead atoms. The fourth-order valence-electron chi connectivity index (χ4n) is 3.18. The topological polar surface area (TPSA) is 103 Å². The molecular formula is C24H23N5O2. The molecule has 0 fully saturated rings. The van der Waals surface area contributed by atoms with Crippen LogP contribution in [0.25, 0.3) is 23.1 Å². The number of amides is 1. The Bertz CT molecular complexity index is 1220. The van der Waals surface area contributed by atoms with Crippen LogP contribution in [0.1, 0.15) is 28.7 Å². The van der Waals surface area contributed by atoms with Gasteiger partial charge in [0.2, 0.25) is 0 Å². The van der Waals surface area contributed by atoms with Crippen molar-refractivity contribution in [1.82, 2.24) is 20.5 Å². The van der Waals surface area contributed by atoms with Gasteiger partial charge in [0.1, 0.15) is 0 Å². The van der Waals surface area contributed by atoms with Crippen LogP contribution in [-0.4, -0.2) is 38.8 Å². The zero-order valence-corrected chi connectivity index (χ0v) is 17.0. The van der Waals surface area contributed by atoms with Crippen LogP contribution in [0.15, 0.2) is 66.9 Å². The van der Waals surface area contributed by atoms with Gasteiger partial charge >= 0.3 is 0 Å². The molecule has 0 unspecified atom stereocenters. The van der Waals surface area contributed by atoms with E-state index < -0.39 is 0 Å². The van der Waals surface area contributed by atoms with Crippen molar-refractivity contribution in [2.24, 2.45) is 0 Å². The largest absolute Gasteiger partial charge is 0.394 e. The van der Waals surface area contributed by atoms with Crippen molar-refractivity contribution in [3.05, 3.63) is 83.8 Å². The molecule has 31 heavy (non-hydrogen) atoms. The Labute approximate surface area is 179 Å². The molecular weight excluding hydrogens is 390 g/mol. The first kappa shape index (κ1) is 20.3. The highest BCUT2D eigenvalue weighted by Crippen LogP contribution is 2.26. The number of nitrogens with zero attached hydrogens (tertiary/aromatic N) is 2. The number of fused-ring (bicyclic) bond motifs is 1. The van der Waals surface area contributed by atoms with Gasteiger partial charge in [-0.15, -0.1) is 0 Å². The van der Waals surface area contributed by atoms with E-state index in [0.717, 1.165) is 28.0 Å². The lowest BCUT2D eigenvalue weighted by Crippen LogP contribution is -2.35. The average molecular weight is 413 g/mol. The molecule has 2 aromatic heterocycles. The first-order valence-electron chi connectivity index (χ1n) is 9.99. The third-order valence-electron chi connectivity index (χ3n) is 4.79. The summed E-state index contributed by atoms with van der Waals surface area (Å²) >= 11 is 0. The third kappa shape index (κ3) is 4.79. The van der Waals surface area contributed by atoms with Crippen LogP contribution in [0.5, 0.6) is 0 Å². The van der Waals surface area contributed by atoms with E-state index in [9.17, 15) is 9.90 Å². The first-order valence-corrected chi connectivity index (χ1v) is 9.99. The Kier molecular flexibility index (Phi) is 6.05. The molecule has 0 spiro atoms. The van der Waals surface area contributed by atoms with E-state index in [-0.39, 0.29) is 18.6 Å². The van der Waals surface area contributed by atoms with Crippen LogP contribution >= 0.6 is 0 Å². The molecule has 4 rings (SSSR count). The third-order valence-corrected chi connectivity index (χ3v) is 4.79. The first-order chi connectivity index (χ1) is 15.1. The molecule has 2 aromatic carbocycles. The number of nitrogens with one attached hydrogen (secondary N) is 3. The number of H-pyrrole nitrogens is 1. The van der Waals surface area contributed by atoms with Gasteiger partial charge in [0.15, 0.2) is 0 Å². The van der Waals surface area contributed by atoms with E-state index in [1.54, 1.807) is 19.2 Å². The highest BCUT2D eigenvalue weighted by Gasteiger charge is 2.13. The number of hydrogen-bond donors (Lipinski definition) is 4. The fraction of sp³-hybridized carbons (Fsp3) is 0.125. The van der Waals surface area contributed by atoms with E-state index in [2.05, 4.69) is 25.8 Å². The maximum absolute atomic E-state index is 12.5. The summed E-state index contributed by atoms with van der Waals surface area (Å²) in [6, 6.07) is 18.6. The Hall–Kier alpha value is -3.97. The number of pyridine rings is 1. The monoisotopic (exact) mass is 413 g/mol. The molecule has 156 valence electrons. The molecule has 1 amide bonds. The minimum absolute atomic E-state index is 0.116. The van der Waals surface area contributed by atoms with Gasteiger partial charge in [-0.3, -0.25) is 14.9 Å². The number of aromatic amines is 1. The van der Waals surface area contributed by atoms with Crippen molar-refractivity contribution in [3.8, 4) is 0 Å². The summed E-state index contributed by atoms with van der Waals surface area (Å²) in [6.07, 6.45) is 5.60. The molecule has 0 radical (unpaired) electrons. The van der Waals surface area contributed by atoms with E-state index in [1.165, 1.54) is 0 Å². The van der Waals surface area contributed by atoms with Crippen molar-refractivity contribution < 1.29 is 9.90 Å². The highest BCUT2D eigenvalue weighted by molar-refractivity contribution is 6.01. The van der Waals surface area contributed by atoms with Crippen LogP contribution < -0.4 is 10.6 Å². The predicted octanol–water partition coefficient (Wildman–Crippen LogP) is 3.98. The van der Waals surface area contributed by atoms with Gasteiger partial charge in [0.05, 0.1) is 34.8 Å². The van der Waals surface area contributed by atoms with Crippen molar-refractivity contribution in [3.63, 3.8) is 0 Å². The SMILES string of the molecule is C[C@H](CO)NC(=O)c1ccccc1Nc1ccc2c(/C=C/c3ccccn3)n[nH]c2c1. The second kappa shape index (κ2) is 9.23. The number of anilines is 2. The van der Waals surface area contributed by atoms with Gasteiger partial charge in [-0.2, -0.15) is 5.10 Å². The lowest BCUT2D eigenvalue weighted by atomic mass is 10.1. The number of hydrogen-bond acceptors (Lipinski definition) is 5. The molecule has 1 atom stereocenters. The molecule has 0 aliphatic carbocycles. The van der Waals surface area contributed by atoms with Crippen molar-refractivity contribution in [2.45, 2.75) is 13.0 Å². The highest BCUT2D eigenvalue weighted by atomic mass is 16.3. The Balaban J connectivity index is 1.56. The maximum atomic E-state index is 12.5. The van der Waals surface area contributed by atoms with Gasteiger partial charge in [0, 0.05) is 23.3 Å². The number of para-hydroxylation sites is 1. The molecule has 7 heteroatoms. The molecule has 0 aliphatic rings. The molecule has 0 saturated carbocycles. The van der Waals surface area contributed by atoms with E-state index in [0.29, 0.717) is 11.3 Å². The summed E-state index contributed by atoms with van der Waals surface area (Å²) in [5.74, 6) is -0.241. The van der Waals surface area contributed by atoms with Crippen LogP contribution in [-0.2, 0) is 0 Å². The zero-order valence-electron chi connectivity index (χ0n) is 17.0. The summed E-state index contributed by atoms with van der Waals surface area (Å²) < 4.78 is 0. The summed E-state index contributed by atoms with van der Waals surface area (Å²) in [7, 11) is 0. The molecule has 4 aromatic rings. The number of benzene rings is 2. The minimum atomic E-state index is -0.320. The Morgan fingerprint density at radius 2 is 1.97 bits per heavy atom. The average Bonchev–Trinajstić information content (AvgIpc) is 3.20. The van der Waals surface area contributed by atoms with Crippen molar-refractivity contribution in [2.75, 3.05) is 11.9 Å². The number of carbonyl (C=O) groups excluding carboxylic acids is 1. The number of aromatic nitrogens is 3. The molecule has 7 nitrogen and oxygen atoms in total. The van der Waals surface area contributed by atoms with Gasteiger partial charge < -0.3 is 15.7 Å². The summed E-state index contributed by atoms with van der Waals surface area (Å²) in [6.45, 7) is 1.63. The number of aliphatic hydroxyl groups is 1. The van der Waals surface area contributed by atoms with Gasteiger partial charge in [-0.05, 0) is 61.5 Å². The van der Waals surface area contributed by atoms with Crippen LogP contribution in [0, 0.1) is 0 Å². The van der Waals surface area contributed by atoms with Crippen LogP contribution in [0.3, 0.4) is 0 Å². The Morgan fingerprint density at radius 1 is 1.13 bits per heavy atom.